The highest BCUT2D eigenvalue weighted by molar-refractivity contribution is 5.79. The first-order chi connectivity index (χ1) is 6.79. The van der Waals surface area contributed by atoms with Crippen LogP contribution in [0.1, 0.15) is 5.69 Å². The first-order valence-electron chi connectivity index (χ1n) is 4.14. The van der Waals surface area contributed by atoms with Crippen molar-refractivity contribution in [2.24, 2.45) is 0 Å². The molecule has 1 aromatic heterocycles. The van der Waals surface area contributed by atoms with E-state index in [0.717, 1.165) is 11.8 Å². The molecule has 0 unspecified atom stereocenters. The topological polar surface area (TPSA) is 75.1 Å². The van der Waals surface area contributed by atoms with E-state index in [4.69, 9.17) is 5.11 Å². The van der Waals surface area contributed by atoms with Gasteiger partial charge in [0.05, 0.1) is 5.69 Å². The highest BCUT2D eigenvalue weighted by Crippen LogP contribution is 1.88. The standard InChI is InChI=1S/C9H11N3O2/c13-9(14)2-1-4-10-6-8-3-5-11-7-12-8/h1-3,5,7,10H,4,6H2,(H,13,14)/b2-1+. The van der Waals surface area contributed by atoms with Crippen molar-refractivity contribution in [3.05, 3.63) is 36.4 Å². The van der Waals surface area contributed by atoms with Crippen LogP contribution in [0.2, 0.25) is 0 Å². The zero-order chi connectivity index (χ0) is 10.2. The summed E-state index contributed by atoms with van der Waals surface area (Å²) in [5.41, 5.74) is 0.878. The molecule has 0 aliphatic rings. The van der Waals surface area contributed by atoms with Gasteiger partial charge in [0.25, 0.3) is 0 Å². The number of nitrogens with zero attached hydrogens (tertiary/aromatic N) is 2. The van der Waals surface area contributed by atoms with Crippen LogP contribution in [0.4, 0.5) is 0 Å². The molecular weight excluding hydrogens is 182 g/mol. The number of aromatic nitrogens is 2. The Morgan fingerprint density at radius 1 is 1.64 bits per heavy atom. The van der Waals surface area contributed by atoms with Crippen molar-refractivity contribution in [3.8, 4) is 0 Å². The lowest BCUT2D eigenvalue weighted by Crippen LogP contribution is -2.14. The van der Waals surface area contributed by atoms with E-state index in [1.54, 1.807) is 18.3 Å². The number of carboxylic acids is 1. The van der Waals surface area contributed by atoms with Gasteiger partial charge in [-0.2, -0.15) is 0 Å². The summed E-state index contributed by atoms with van der Waals surface area (Å²) in [4.78, 5) is 17.9. The third kappa shape index (κ3) is 4.32. The molecule has 0 aliphatic carbocycles. The van der Waals surface area contributed by atoms with E-state index < -0.39 is 5.97 Å². The lowest BCUT2D eigenvalue weighted by Gasteiger charge is -1.99. The summed E-state index contributed by atoms with van der Waals surface area (Å²) in [7, 11) is 0. The number of aliphatic carboxylic acids is 1. The maximum atomic E-state index is 10.1. The van der Waals surface area contributed by atoms with Crippen LogP contribution in [0.15, 0.2) is 30.7 Å². The minimum atomic E-state index is -0.936. The summed E-state index contributed by atoms with van der Waals surface area (Å²) in [6.45, 7) is 1.11. The summed E-state index contributed by atoms with van der Waals surface area (Å²) in [6, 6.07) is 1.80. The van der Waals surface area contributed by atoms with Crippen molar-refractivity contribution in [1.82, 2.24) is 15.3 Å². The first-order valence-corrected chi connectivity index (χ1v) is 4.14. The molecule has 0 spiro atoms. The van der Waals surface area contributed by atoms with Gasteiger partial charge in [-0.3, -0.25) is 0 Å². The Balaban J connectivity index is 2.19. The van der Waals surface area contributed by atoms with E-state index in [-0.39, 0.29) is 0 Å². The number of hydrogen-bond acceptors (Lipinski definition) is 4. The van der Waals surface area contributed by atoms with E-state index in [2.05, 4.69) is 15.3 Å². The minimum absolute atomic E-state index is 0.510. The Kier molecular flexibility index (Phi) is 4.30. The Labute approximate surface area is 81.5 Å². The molecule has 1 heterocycles. The summed E-state index contributed by atoms with van der Waals surface area (Å²) in [5, 5.41) is 11.3. The Morgan fingerprint density at radius 2 is 2.50 bits per heavy atom. The summed E-state index contributed by atoms with van der Waals surface area (Å²) in [5.74, 6) is -0.936. The van der Waals surface area contributed by atoms with Gasteiger partial charge in [0, 0.05) is 25.4 Å². The van der Waals surface area contributed by atoms with Gasteiger partial charge in [-0.05, 0) is 6.07 Å². The number of nitrogens with one attached hydrogen (secondary N) is 1. The van der Waals surface area contributed by atoms with Gasteiger partial charge >= 0.3 is 5.97 Å². The predicted molar refractivity (Wildman–Crippen MR) is 50.5 cm³/mol. The third-order valence-corrected chi connectivity index (χ3v) is 1.47. The Morgan fingerprint density at radius 3 is 3.14 bits per heavy atom. The number of carbonyl (C=O) groups is 1. The quantitative estimate of drug-likeness (QED) is 0.516. The van der Waals surface area contributed by atoms with E-state index in [1.165, 1.54) is 6.33 Å². The molecule has 1 aromatic rings. The molecule has 5 heteroatoms. The number of hydrogen-bond donors (Lipinski definition) is 2. The fourth-order valence-electron chi connectivity index (χ4n) is 0.866. The molecule has 5 nitrogen and oxygen atoms in total. The van der Waals surface area contributed by atoms with Gasteiger partial charge in [-0.15, -0.1) is 0 Å². The van der Waals surface area contributed by atoms with Gasteiger partial charge in [-0.25, -0.2) is 14.8 Å². The molecule has 0 fully saturated rings. The molecule has 0 amide bonds. The molecule has 0 bridgehead atoms. The van der Waals surface area contributed by atoms with Crippen molar-refractivity contribution < 1.29 is 9.90 Å². The van der Waals surface area contributed by atoms with E-state index >= 15 is 0 Å². The highest BCUT2D eigenvalue weighted by atomic mass is 16.4. The average molecular weight is 193 g/mol. The van der Waals surface area contributed by atoms with E-state index in [0.29, 0.717) is 13.1 Å². The normalized spacial score (nSPS) is 10.6. The molecule has 0 saturated heterocycles. The van der Waals surface area contributed by atoms with Crippen LogP contribution in [0.3, 0.4) is 0 Å². The van der Waals surface area contributed by atoms with Gasteiger partial charge in [-0.1, -0.05) is 6.08 Å². The predicted octanol–water partition coefficient (Wildman–Crippen LogP) is 0.207. The van der Waals surface area contributed by atoms with Gasteiger partial charge in [0.1, 0.15) is 6.33 Å². The molecule has 0 radical (unpaired) electrons. The van der Waals surface area contributed by atoms with Crippen molar-refractivity contribution >= 4 is 5.97 Å². The Bertz CT molecular complexity index is 311. The zero-order valence-corrected chi connectivity index (χ0v) is 7.55. The van der Waals surface area contributed by atoms with E-state index in [9.17, 15) is 4.79 Å². The summed E-state index contributed by atoms with van der Waals surface area (Å²) in [6.07, 6.45) is 5.79. The summed E-state index contributed by atoms with van der Waals surface area (Å²) >= 11 is 0. The molecule has 1 rings (SSSR count). The van der Waals surface area contributed by atoms with Crippen LogP contribution in [-0.4, -0.2) is 27.6 Å². The summed E-state index contributed by atoms with van der Waals surface area (Å²) < 4.78 is 0. The SMILES string of the molecule is O=C(O)/C=C/CNCc1ccncn1. The maximum absolute atomic E-state index is 10.1. The highest BCUT2D eigenvalue weighted by Gasteiger charge is 1.90. The smallest absolute Gasteiger partial charge is 0.328 e. The van der Waals surface area contributed by atoms with Crippen LogP contribution in [0, 0.1) is 0 Å². The van der Waals surface area contributed by atoms with Crippen LogP contribution < -0.4 is 5.32 Å². The van der Waals surface area contributed by atoms with Gasteiger partial charge in [0.2, 0.25) is 0 Å². The van der Waals surface area contributed by atoms with Crippen molar-refractivity contribution in [2.45, 2.75) is 6.54 Å². The molecular formula is C9H11N3O2. The van der Waals surface area contributed by atoms with Gasteiger partial charge < -0.3 is 10.4 Å². The molecule has 0 saturated carbocycles. The van der Waals surface area contributed by atoms with Crippen LogP contribution >= 0.6 is 0 Å². The zero-order valence-electron chi connectivity index (χ0n) is 7.55. The second kappa shape index (κ2) is 5.82. The first kappa shape index (κ1) is 10.3. The average Bonchev–Trinajstić information content (AvgIpc) is 2.18. The Hall–Kier alpha value is -1.75. The molecule has 14 heavy (non-hydrogen) atoms. The lowest BCUT2D eigenvalue weighted by molar-refractivity contribution is -0.131. The minimum Gasteiger partial charge on any atom is -0.478 e. The fraction of sp³-hybridized carbons (Fsp3) is 0.222. The van der Waals surface area contributed by atoms with Gasteiger partial charge in [0.15, 0.2) is 0 Å². The molecule has 0 atom stereocenters. The maximum Gasteiger partial charge on any atom is 0.328 e. The largest absolute Gasteiger partial charge is 0.478 e. The molecule has 0 aromatic carbocycles. The third-order valence-electron chi connectivity index (χ3n) is 1.47. The lowest BCUT2D eigenvalue weighted by atomic mass is 10.4. The second-order valence-electron chi connectivity index (χ2n) is 2.57. The van der Waals surface area contributed by atoms with E-state index in [1.807, 2.05) is 0 Å². The van der Waals surface area contributed by atoms with Crippen LogP contribution in [-0.2, 0) is 11.3 Å². The van der Waals surface area contributed by atoms with Crippen LogP contribution in [0.5, 0.6) is 0 Å². The number of rotatable bonds is 5. The molecule has 2 N–H and O–H groups in total. The monoisotopic (exact) mass is 193 g/mol. The molecule has 74 valence electrons. The van der Waals surface area contributed by atoms with Crippen molar-refractivity contribution in [3.63, 3.8) is 0 Å². The van der Waals surface area contributed by atoms with Crippen molar-refractivity contribution in [2.75, 3.05) is 6.54 Å². The second-order valence-corrected chi connectivity index (χ2v) is 2.57. The molecule has 0 aliphatic heterocycles. The fourth-order valence-corrected chi connectivity index (χ4v) is 0.866. The number of carboxylic acid groups (broad SMARTS) is 1. The van der Waals surface area contributed by atoms with Crippen molar-refractivity contribution in [1.29, 1.82) is 0 Å². The van der Waals surface area contributed by atoms with Crippen LogP contribution in [0.25, 0.3) is 0 Å².